The number of nitrogens with zero attached hydrogens (tertiary/aromatic N) is 1. The highest BCUT2D eigenvalue weighted by Crippen LogP contribution is 2.31. The van der Waals surface area contributed by atoms with E-state index >= 15 is 0 Å². The molecule has 2 heteroatoms. The molecule has 1 saturated carbocycles. The molecule has 0 radical (unpaired) electrons. The number of hydrogen-bond donors (Lipinski definition) is 1. The molecule has 0 amide bonds. The first-order valence-electron chi connectivity index (χ1n) is 6.81. The smallest absolute Gasteiger partial charge is 0.000966 e. The Kier molecular flexibility index (Phi) is 4.45. The second kappa shape index (κ2) is 5.86. The molecule has 0 aromatic rings. The molecule has 0 unspecified atom stereocenters. The zero-order valence-corrected chi connectivity index (χ0v) is 9.96. The molecule has 2 rings (SSSR count). The molecule has 2 fully saturated rings. The first-order valence-corrected chi connectivity index (χ1v) is 6.81. The van der Waals surface area contributed by atoms with Crippen molar-refractivity contribution in [2.24, 2.45) is 17.6 Å². The quantitative estimate of drug-likeness (QED) is 0.771. The van der Waals surface area contributed by atoms with Crippen LogP contribution >= 0.6 is 0 Å². The lowest BCUT2D eigenvalue weighted by molar-refractivity contribution is 0.200. The van der Waals surface area contributed by atoms with E-state index in [-0.39, 0.29) is 0 Å². The maximum atomic E-state index is 5.62. The Hall–Kier alpha value is -0.0800. The van der Waals surface area contributed by atoms with Crippen LogP contribution in [-0.4, -0.2) is 31.1 Å². The van der Waals surface area contributed by atoms with E-state index < -0.39 is 0 Å². The van der Waals surface area contributed by atoms with Crippen LogP contribution in [0.15, 0.2) is 0 Å². The van der Waals surface area contributed by atoms with Crippen LogP contribution in [0, 0.1) is 11.8 Å². The Morgan fingerprint density at radius 3 is 2.13 bits per heavy atom. The standard InChI is InChI=1S/C13H26N2/c14-8-7-12-3-5-13(6-4-12)11-15-9-1-2-10-15/h12-13H,1-11,14H2. The highest BCUT2D eigenvalue weighted by molar-refractivity contribution is 4.77. The summed E-state index contributed by atoms with van der Waals surface area (Å²) in [5, 5.41) is 0. The number of likely N-dealkylation sites (tertiary alicyclic amines) is 1. The van der Waals surface area contributed by atoms with Gasteiger partial charge in [0, 0.05) is 6.54 Å². The maximum absolute atomic E-state index is 5.62. The summed E-state index contributed by atoms with van der Waals surface area (Å²) in [6.07, 6.45) is 9.93. The van der Waals surface area contributed by atoms with Crippen LogP contribution in [0.5, 0.6) is 0 Å². The van der Waals surface area contributed by atoms with Gasteiger partial charge >= 0.3 is 0 Å². The third-order valence-corrected chi connectivity index (χ3v) is 4.26. The Morgan fingerprint density at radius 2 is 1.53 bits per heavy atom. The average molecular weight is 210 g/mol. The lowest BCUT2D eigenvalue weighted by Gasteiger charge is -2.31. The molecule has 88 valence electrons. The van der Waals surface area contributed by atoms with Gasteiger partial charge in [0.05, 0.1) is 0 Å². The molecule has 15 heavy (non-hydrogen) atoms. The van der Waals surface area contributed by atoms with Gasteiger partial charge in [0.1, 0.15) is 0 Å². The van der Waals surface area contributed by atoms with E-state index in [1.807, 2.05) is 0 Å². The predicted molar refractivity (Wildman–Crippen MR) is 64.8 cm³/mol. The molecule has 0 bridgehead atoms. The van der Waals surface area contributed by atoms with Gasteiger partial charge in [-0.05, 0) is 63.6 Å². The predicted octanol–water partition coefficient (Wildman–Crippen LogP) is 2.24. The minimum atomic E-state index is 0.890. The Morgan fingerprint density at radius 1 is 0.933 bits per heavy atom. The molecule has 1 aliphatic carbocycles. The van der Waals surface area contributed by atoms with E-state index in [4.69, 9.17) is 5.73 Å². The van der Waals surface area contributed by atoms with E-state index in [1.54, 1.807) is 0 Å². The molecule has 2 N–H and O–H groups in total. The minimum absolute atomic E-state index is 0.890. The normalized spacial score (nSPS) is 33.4. The summed E-state index contributed by atoms with van der Waals surface area (Å²) >= 11 is 0. The molecule has 0 spiro atoms. The summed E-state index contributed by atoms with van der Waals surface area (Å²) in [7, 11) is 0. The van der Waals surface area contributed by atoms with E-state index in [1.165, 1.54) is 64.6 Å². The number of hydrogen-bond acceptors (Lipinski definition) is 2. The van der Waals surface area contributed by atoms with E-state index in [0.717, 1.165) is 18.4 Å². The van der Waals surface area contributed by atoms with Crippen molar-refractivity contribution in [3.63, 3.8) is 0 Å². The maximum Gasteiger partial charge on any atom is 0.000966 e. The fourth-order valence-corrected chi connectivity index (χ4v) is 3.27. The lowest BCUT2D eigenvalue weighted by Crippen LogP contribution is -2.29. The van der Waals surface area contributed by atoms with E-state index in [2.05, 4.69) is 4.90 Å². The van der Waals surface area contributed by atoms with E-state index in [0.29, 0.717) is 0 Å². The summed E-state index contributed by atoms with van der Waals surface area (Å²) in [5.41, 5.74) is 5.62. The molecule has 2 nitrogen and oxygen atoms in total. The van der Waals surface area contributed by atoms with Gasteiger partial charge in [0.25, 0.3) is 0 Å². The highest BCUT2D eigenvalue weighted by Gasteiger charge is 2.23. The van der Waals surface area contributed by atoms with Crippen molar-refractivity contribution < 1.29 is 0 Å². The zero-order valence-electron chi connectivity index (χ0n) is 9.96. The molecule has 1 heterocycles. The molecule has 0 atom stereocenters. The van der Waals surface area contributed by atoms with Crippen molar-refractivity contribution in [1.82, 2.24) is 4.90 Å². The van der Waals surface area contributed by atoms with Crippen LogP contribution in [0.25, 0.3) is 0 Å². The van der Waals surface area contributed by atoms with Gasteiger partial charge in [-0.1, -0.05) is 12.8 Å². The topological polar surface area (TPSA) is 29.3 Å². The number of rotatable bonds is 4. The molecule has 2 aliphatic rings. The molecular weight excluding hydrogens is 184 g/mol. The molecular formula is C13H26N2. The summed E-state index contributed by atoms with van der Waals surface area (Å²) in [4.78, 5) is 2.67. The summed E-state index contributed by atoms with van der Waals surface area (Å²) < 4.78 is 0. The fourth-order valence-electron chi connectivity index (χ4n) is 3.27. The Labute approximate surface area is 94.2 Å². The highest BCUT2D eigenvalue weighted by atomic mass is 15.1. The van der Waals surface area contributed by atoms with Gasteiger partial charge in [-0.25, -0.2) is 0 Å². The Bertz CT molecular complexity index is 167. The summed E-state index contributed by atoms with van der Waals surface area (Å²) in [6.45, 7) is 5.00. The van der Waals surface area contributed by atoms with Gasteiger partial charge in [0.2, 0.25) is 0 Å². The second-order valence-electron chi connectivity index (χ2n) is 5.47. The number of nitrogens with two attached hydrogens (primary N) is 1. The average Bonchev–Trinajstić information content (AvgIpc) is 2.74. The van der Waals surface area contributed by atoms with Gasteiger partial charge in [-0.2, -0.15) is 0 Å². The monoisotopic (exact) mass is 210 g/mol. The fraction of sp³-hybridized carbons (Fsp3) is 1.00. The molecule has 1 aliphatic heterocycles. The van der Waals surface area contributed by atoms with Crippen LogP contribution in [0.4, 0.5) is 0 Å². The lowest BCUT2D eigenvalue weighted by atomic mass is 9.80. The van der Waals surface area contributed by atoms with Crippen LogP contribution < -0.4 is 5.73 Å². The van der Waals surface area contributed by atoms with Crippen molar-refractivity contribution in [3.05, 3.63) is 0 Å². The SMILES string of the molecule is NCCC1CCC(CN2CCCC2)CC1. The molecule has 1 saturated heterocycles. The van der Waals surface area contributed by atoms with Gasteiger partial charge in [-0.15, -0.1) is 0 Å². The van der Waals surface area contributed by atoms with Gasteiger partial charge in [-0.3, -0.25) is 0 Å². The second-order valence-corrected chi connectivity index (χ2v) is 5.47. The first kappa shape index (κ1) is 11.4. The largest absolute Gasteiger partial charge is 0.330 e. The minimum Gasteiger partial charge on any atom is -0.330 e. The molecule has 0 aromatic heterocycles. The van der Waals surface area contributed by atoms with Gasteiger partial charge in [0.15, 0.2) is 0 Å². The van der Waals surface area contributed by atoms with Crippen LogP contribution in [0.2, 0.25) is 0 Å². The summed E-state index contributed by atoms with van der Waals surface area (Å²) in [6, 6.07) is 0. The van der Waals surface area contributed by atoms with Crippen LogP contribution in [0.1, 0.15) is 44.9 Å². The van der Waals surface area contributed by atoms with Crippen molar-refractivity contribution >= 4 is 0 Å². The van der Waals surface area contributed by atoms with Crippen molar-refractivity contribution in [3.8, 4) is 0 Å². The van der Waals surface area contributed by atoms with Crippen molar-refractivity contribution in [2.45, 2.75) is 44.9 Å². The Balaban J connectivity index is 1.64. The first-order chi connectivity index (χ1) is 7.38. The third kappa shape index (κ3) is 3.46. The zero-order chi connectivity index (χ0) is 10.5. The van der Waals surface area contributed by atoms with E-state index in [9.17, 15) is 0 Å². The third-order valence-electron chi connectivity index (χ3n) is 4.26. The van der Waals surface area contributed by atoms with Gasteiger partial charge < -0.3 is 10.6 Å². The molecule has 0 aromatic carbocycles. The van der Waals surface area contributed by atoms with Crippen LogP contribution in [0.3, 0.4) is 0 Å². The van der Waals surface area contributed by atoms with Crippen molar-refractivity contribution in [2.75, 3.05) is 26.2 Å². The summed E-state index contributed by atoms with van der Waals surface area (Å²) in [5.74, 6) is 1.95. The van der Waals surface area contributed by atoms with Crippen LogP contribution in [-0.2, 0) is 0 Å². The van der Waals surface area contributed by atoms with Crippen molar-refractivity contribution in [1.29, 1.82) is 0 Å².